The van der Waals surface area contributed by atoms with Gasteiger partial charge in [-0.1, -0.05) is 6.07 Å². The molecule has 0 saturated carbocycles. The summed E-state index contributed by atoms with van der Waals surface area (Å²) in [5.41, 5.74) is -1.08. The Morgan fingerprint density at radius 1 is 1.31 bits per heavy atom. The Morgan fingerprint density at radius 2 is 2.04 bits per heavy atom. The lowest BCUT2D eigenvalue weighted by atomic mass is 9.81. The van der Waals surface area contributed by atoms with Crippen LogP contribution in [0.3, 0.4) is 0 Å². The number of likely N-dealkylation sites (tertiary alicyclic amines) is 1. The van der Waals surface area contributed by atoms with Crippen molar-refractivity contribution in [2.45, 2.75) is 64.1 Å². The van der Waals surface area contributed by atoms with Gasteiger partial charge in [-0.3, -0.25) is 0 Å². The number of anilines is 1. The van der Waals surface area contributed by atoms with Crippen molar-refractivity contribution in [3.05, 3.63) is 24.4 Å². The van der Waals surface area contributed by atoms with Crippen LogP contribution in [0.4, 0.5) is 10.6 Å². The second kappa shape index (κ2) is 6.40. The van der Waals surface area contributed by atoms with Crippen molar-refractivity contribution in [1.82, 2.24) is 9.88 Å². The average Bonchev–Trinajstić information content (AvgIpc) is 2.77. The number of nitrogens with zero attached hydrogens (tertiary/aromatic N) is 3. The molecule has 7 nitrogen and oxygen atoms in total. The lowest BCUT2D eigenvalue weighted by Crippen LogP contribution is -2.58. The highest BCUT2D eigenvalue weighted by molar-refractivity contribution is 7.93. The first-order valence-electron chi connectivity index (χ1n) is 8.98. The first-order valence-corrected chi connectivity index (χ1v) is 10.6. The van der Waals surface area contributed by atoms with E-state index < -0.39 is 21.2 Å². The number of hydrogen-bond acceptors (Lipinski definition) is 5. The van der Waals surface area contributed by atoms with Gasteiger partial charge >= 0.3 is 6.09 Å². The lowest BCUT2D eigenvalue weighted by molar-refractivity contribution is 0.00544. The Hall–Kier alpha value is -1.83. The Balaban J connectivity index is 1.85. The Labute approximate surface area is 155 Å². The van der Waals surface area contributed by atoms with Crippen molar-refractivity contribution < 1.29 is 17.9 Å². The summed E-state index contributed by atoms with van der Waals surface area (Å²) in [6, 6.07) is 5.18. The van der Waals surface area contributed by atoms with Crippen LogP contribution >= 0.6 is 0 Å². The highest BCUT2D eigenvalue weighted by Gasteiger charge is 2.53. The smallest absolute Gasteiger partial charge is 0.410 e. The molecule has 2 fully saturated rings. The third-order valence-electron chi connectivity index (χ3n) is 5.05. The molecule has 0 aliphatic carbocycles. The molecule has 0 bridgehead atoms. The molecule has 2 aliphatic heterocycles. The van der Waals surface area contributed by atoms with Gasteiger partial charge in [-0.25, -0.2) is 22.5 Å². The van der Waals surface area contributed by atoms with Gasteiger partial charge < -0.3 is 9.64 Å². The van der Waals surface area contributed by atoms with Crippen molar-refractivity contribution in [2.24, 2.45) is 0 Å². The van der Waals surface area contributed by atoms with E-state index in [0.717, 1.165) is 0 Å². The lowest BCUT2D eigenvalue weighted by Gasteiger charge is -2.47. The molecular weight excluding hydrogens is 354 g/mol. The standard InChI is InChI=1S/C18H27N3O4S/c1-14-13-18(8-11-20(14)16(22)25-17(2,3)4)9-12-26(23,24)21(18)15-7-5-6-10-19-15/h5-7,10,14H,8-9,11-13H2,1-4H3. The predicted octanol–water partition coefficient (Wildman–Crippen LogP) is 2.78. The van der Waals surface area contributed by atoms with Gasteiger partial charge in [0, 0.05) is 18.8 Å². The highest BCUT2D eigenvalue weighted by atomic mass is 32.2. The minimum absolute atomic E-state index is 0.113. The van der Waals surface area contributed by atoms with E-state index in [9.17, 15) is 13.2 Å². The maximum absolute atomic E-state index is 12.7. The fourth-order valence-electron chi connectivity index (χ4n) is 3.98. The summed E-state index contributed by atoms with van der Waals surface area (Å²) in [5, 5.41) is 0. The second-order valence-corrected chi connectivity index (χ2v) is 10.2. The Kier molecular flexibility index (Phi) is 4.67. The van der Waals surface area contributed by atoms with E-state index in [1.165, 1.54) is 4.31 Å². The molecule has 1 aromatic heterocycles. The Morgan fingerprint density at radius 3 is 2.62 bits per heavy atom. The van der Waals surface area contributed by atoms with Gasteiger partial charge in [-0.05, 0) is 59.1 Å². The van der Waals surface area contributed by atoms with Crippen LogP contribution in [0.2, 0.25) is 0 Å². The van der Waals surface area contributed by atoms with Crippen LogP contribution in [-0.2, 0) is 14.8 Å². The molecule has 0 radical (unpaired) electrons. The SMILES string of the molecule is CC1CC2(CCN1C(=O)OC(C)(C)C)CCS(=O)(=O)N2c1ccccn1. The van der Waals surface area contributed by atoms with E-state index in [0.29, 0.717) is 31.6 Å². The number of carbonyl (C=O) groups excluding carboxylic acids is 1. The zero-order chi connectivity index (χ0) is 19.2. The maximum atomic E-state index is 12.7. The molecule has 2 unspecified atom stereocenters. The van der Waals surface area contributed by atoms with Crippen molar-refractivity contribution in [3.63, 3.8) is 0 Å². The van der Waals surface area contributed by atoms with Gasteiger partial charge in [0.25, 0.3) is 0 Å². The van der Waals surface area contributed by atoms with Gasteiger partial charge in [-0.15, -0.1) is 0 Å². The number of sulfonamides is 1. The maximum Gasteiger partial charge on any atom is 0.410 e. The molecule has 144 valence electrons. The summed E-state index contributed by atoms with van der Waals surface area (Å²) < 4.78 is 32.4. The molecule has 2 saturated heterocycles. The van der Waals surface area contributed by atoms with E-state index in [1.54, 1.807) is 29.3 Å². The van der Waals surface area contributed by atoms with Crippen molar-refractivity contribution in [3.8, 4) is 0 Å². The summed E-state index contributed by atoms with van der Waals surface area (Å²) in [6.45, 7) is 7.94. The van der Waals surface area contributed by atoms with Crippen LogP contribution in [0.15, 0.2) is 24.4 Å². The molecule has 8 heteroatoms. The molecule has 1 aromatic rings. The van der Waals surface area contributed by atoms with Gasteiger partial charge in [0.15, 0.2) is 0 Å². The van der Waals surface area contributed by atoms with Crippen LogP contribution in [0.25, 0.3) is 0 Å². The number of aromatic nitrogens is 1. The number of amides is 1. The fraction of sp³-hybridized carbons (Fsp3) is 0.667. The third-order valence-corrected chi connectivity index (χ3v) is 6.90. The van der Waals surface area contributed by atoms with Crippen molar-refractivity contribution >= 4 is 21.9 Å². The molecule has 1 spiro atoms. The van der Waals surface area contributed by atoms with E-state index in [1.807, 2.05) is 27.7 Å². The second-order valence-electron chi connectivity index (χ2n) is 8.22. The van der Waals surface area contributed by atoms with Gasteiger partial charge in [0.1, 0.15) is 11.4 Å². The van der Waals surface area contributed by atoms with Crippen molar-refractivity contribution in [1.29, 1.82) is 0 Å². The summed E-state index contributed by atoms with van der Waals surface area (Å²) >= 11 is 0. The van der Waals surface area contributed by atoms with E-state index >= 15 is 0 Å². The van der Waals surface area contributed by atoms with Crippen LogP contribution in [0.5, 0.6) is 0 Å². The van der Waals surface area contributed by atoms with Crippen LogP contribution < -0.4 is 4.31 Å². The van der Waals surface area contributed by atoms with E-state index in [4.69, 9.17) is 4.74 Å². The molecule has 3 rings (SSSR count). The van der Waals surface area contributed by atoms with E-state index in [-0.39, 0.29) is 17.9 Å². The first kappa shape index (κ1) is 18.9. The monoisotopic (exact) mass is 381 g/mol. The molecule has 26 heavy (non-hydrogen) atoms. The zero-order valence-electron chi connectivity index (χ0n) is 15.8. The number of carbonyl (C=O) groups is 1. The normalized spacial score (nSPS) is 28.4. The summed E-state index contributed by atoms with van der Waals surface area (Å²) in [4.78, 5) is 18.4. The molecule has 2 aliphatic rings. The van der Waals surface area contributed by atoms with Gasteiger partial charge in [-0.2, -0.15) is 0 Å². The van der Waals surface area contributed by atoms with Crippen molar-refractivity contribution in [2.75, 3.05) is 16.6 Å². The average molecular weight is 381 g/mol. The summed E-state index contributed by atoms with van der Waals surface area (Å²) in [5.74, 6) is 0.575. The summed E-state index contributed by atoms with van der Waals surface area (Å²) in [7, 11) is -3.40. The molecule has 1 amide bonds. The van der Waals surface area contributed by atoms with Gasteiger partial charge in [0.05, 0.1) is 11.3 Å². The largest absolute Gasteiger partial charge is 0.444 e. The summed E-state index contributed by atoms with van der Waals surface area (Å²) in [6.07, 6.45) is 2.97. The molecule has 0 N–H and O–H groups in total. The topological polar surface area (TPSA) is 79.8 Å². The molecule has 2 atom stereocenters. The number of pyridine rings is 1. The van der Waals surface area contributed by atoms with Crippen LogP contribution in [0, 0.1) is 0 Å². The number of ether oxygens (including phenoxy) is 1. The van der Waals surface area contributed by atoms with Gasteiger partial charge in [0.2, 0.25) is 10.0 Å². The highest BCUT2D eigenvalue weighted by Crippen LogP contribution is 2.44. The quantitative estimate of drug-likeness (QED) is 0.747. The number of piperidine rings is 1. The van der Waals surface area contributed by atoms with E-state index in [2.05, 4.69) is 4.98 Å². The zero-order valence-corrected chi connectivity index (χ0v) is 16.6. The molecule has 3 heterocycles. The number of rotatable bonds is 1. The first-order chi connectivity index (χ1) is 12.0. The van der Waals surface area contributed by atoms with Crippen LogP contribution in [-0.4, -0.2) is 53.9 Å². The molecule has 0 aromatic carbocycles. The van der Waals surface area contributed by atoms with Crippen LogP contribution in [0.1, 0.15) is 47.0 Å². The fourth-order valence-corrected chi connectivity index (χ4v) is 6.04. The third kappa shape index (κ3) is 3.51. The minimum Gasteiger partial charge on any atom is -0.444 e. The minimum atomic E-state index is -3.40. The molecular formula is C18H27N3O4S. The Bertz CT molecular complexity index is 775. The number of hydrogen-bond donors (Lipinski definition) is 0. The predicted molar refractivity (Wildman–Crippen MR) is 99.5 cm³/mol.